The molecule has 1 fully saturated rings. The zero-order valence-corrected chi connectivity index (χ0v) is 20.0. The van der Waals surface area contributed by atoms with Crippen molar-refractivity contribution >= 4 is 47.2 Å². The van der Waals surface area contributed by atoms with Crippen LogP contribution < -0.4 is 15.5 Å². The molecule has 3 aromatic rings. The fourth-order valence-corrected chi connectivity index (χ4v) is 3.57. The molecule has 1 aliphatic rings. The summed E-state index contributed by atoms with van der Waals surface area (Å²) in [4.78, 5) is 18.4. The molecule has 2 N–H and O–H groups in total. The summed E-state index contributed by atoms with van der Waals surface area (Å²) in [5, 5.41) is 15.1. The summed E-state index contributed by atoms with van der Waals surface area (Å²) < 4.78 is 2.00. The number of carbonyl (C=O) groups excluding carboxylic acids is 1. The number of nitrogens with zero attached hydrogens (tertiary/aromatic N) is 5. The summed E-state index contributed by atoms with van der Waals surface area (Å²) >= 11 is 0. The van der Waals surface area contributed by atoms with Gasteiger partial charge in [0.1, 0.15) is 5.82 Å². The first-order valence-electron chi connectivity index (χ1n) is 10.4. The summed E-state index contributed by atoms with van der Waals surface area (Å²) in [5.74, 6) is 1.89. The van der Waals surface area contributed by atoms with Crippen molar-refractivity contribution in [2.24, 2.45) is 4.99 Å². The minimum atomic E-state index is 0. The molecule has 0 aliphatic carbocycles. The van der Waals surface area contributed by atoms with Crippen LogP contribution >= 0.6 is 24.0 Å². The third-order valence-corrected chi connectivity index (χ3v) is 5.11. The molecular weight excluding hydrogens is 505 g/mol. The average Bonchev–Trinajstić information content (AvgIpc) is 3.39. The van der Waals surface area contributed by atoms with E-state index in [1.165, 1.54) is 0 Å². The van der Waals surface area contributed by atoms with Crippen molar-refractivity contribution in [3.63, 3.8) is 0 Å². The standard InChI is InChI=1S/C22H27N7O.HI/c1-2-23-22(24-13-12-20-27-26-19-6-3-4-14-29(19)20)25-16-17-8-10-18(11-9-17)28-15-5-7-21(28)30;/h3-4,6,8-11,14H,2,5,7,12-13,15-16H2,1H3,(H2,23,24,25);1H. The molecule has 3 heterocycles. The summed E-state index contributed by atoms with van der Waals surface area (Å²) in [6, 6.07) is 14.0. The van der Waals surface area contributed by atoms with Gasteiger partial charge in [0.2, 0.25) is 5.91 Å². The molecule has 0 spiro atoms. The van der Waals surface area contributed by atoms with Crippen LogP contribution in [0, 0.1) is 0 Å². The monoisotopic (exact) mass is 533 g/mol. The van der Waals surface area contributed by atoms with Gasteiger partial charge in [-0.25, -0.2) is 4.99 Å². The molecule has 9 heteroatoms. The molecule has 1 saturated heterocycles. The zero-order valence-electron chi connectivity index (χ0n) is 17.6. The number of nitrogens with one attached hydrogen (secondary N) is 2. The SMILES string of the molecule is CCNC(=NCc1ccc(N2CCCC2=O)cc1)NCCc1nnc2ccccn12.I. The normalized spacial score (nSPS) is 14.0. The number of guanidine groups is 1. The molecule has 0 unspecified atom stereocenters. The molecule has 4 rings (SSSR count). The number of rotatable bonds is 7. The largest absolute Gasteiger partial charge is 0.357 e. The third-order valence-electron chi connectivity index (χ3n) is 5.11. The Morgan fingerprint density at radius 1 is 1.13 bits per heavy atom. The summed E-state index contributed by atoms with van der Waals surface area (Å²) in [6.45, 7) is 4.92. The van der Waals surface area contributed by atoms with E-state index in [1.807, 2.05) is 64.9 Å². The lowest BCUT2D eigenvalue weighted by Crippen LogP contribution is -2.38. The molecule has 164 valence electrons. The molecule has 0 saturated carbocycles. The van der Waals surface area contributed by atoms with Crippen molar-refractivity contribution < 1.29 is 4.79 Å². The number of amides is 1. The number of carbonyl (C=O) groups is 1. The first kappa shape index (κ1) is 23.0. The Labute approximate surface area is 199 Å². The lowest BCUT2D eigenvalue weighted by molar-refractivity contribution is -0.117. The van der Waals surface area contributed by atoms with Crippen molar-refractivity contribution in [3.05, 3.63) is 60.0 Å². The summed E-state index contributed by atoms with van der Waals surface area (Å²) in [6.07, 6.45) is 4.30. The lowest BCUT2D eigenvalue weighted by Gasteiger charge is -2.16. The fourth-order valence-electron chi connectivity index (χ4n) is 3.57. The molecule has 31 heavy (non-hydrogen) atoms. The number of aromatic nitrogens is 3. The number of anilines is 1. The number of aliphatic imine (C=N–C) groups is 1. The number of hydrogen-bond donors (Lipinski definition) is 2. The highest BCUT2D eigenvalue weighted by molar-refractivity contribution is 14.0. The van der Waals surface area contributed by atoms with E-state index in [-0.39, 0.29) is 29.9 Å². The van der Waals surface area contributed by atoms with E-state index < -0.39 is 0 Å². The van der Waals surface area contributed by atoms with Gasteiger partial charge >= 0.3 is 0 Å². The van der Waals surface area contributed by atoms with Crippen LogP contribution in [-0.4, -0.2) is 46.1 Å². The highest BCUT2D eigenvalue weighted by Crippen LogP contribution is 2.21. The van der Waals surface area contributed by atoms with Gasteiger partial charge in [-0.3, -0.25) is 9.20 Å². The van der Waals surface area contributed by atoms with Crippen molar-refractivity contribution in [1.29, 1.82) is 0 Å². The van der Waals surface area contributed by atoms with E-state index in [0.717, 1.165) is 54.6 Å². The number of fused-ring (bicyclic) bond motifs is 1. The Hall–Kier alpha value is -2.69. The van der Waals surface area contributed by atoms with Crippen molar-refractivity contribution in [1.82, 2.24) is 25.2 Å². The van der Waals surface area contributed by atoms with Crippen LogP contribution in [-0.2, 0) is 17.8 Å². The third kappa shape index (κ3) is 5.72. The zero-order chi connectivity index (χ0) is 20.8. The number of hydrogen-bond acceptors (Lipinski definition) is 4. The topological polar surface area (TPSA) is 86.9 Å². The van der Waals surface area contributed by atoms with Gasteiger partial charge in [0.05, 0.1) is 6.54 Å². The second-order valence-corrected chi connectivity index (χ2v) is 7.23. The highest BCUT2D eigenvalue weighted by atomic mass is 127. The van der Waals surface area contributed by atoms with Gasteiger partial charge in [-0.15, -0.1) is 34.2 Å². The maximum atomic E-state index is 11.9. The molecule has 2 aromatic heterocycles. The molecule has 1 aliphatic heterocycles. The molecule has 0 radical (unpaired) electrons. The number of benzene rings is 1. The maximum Gasteiger partial charge on any atom is 0.227 e. The van der Waals surface area contributed by atoms with Gasteiger partial charge in [-0.1, -0.05) is 18.2 Å². The quantitative estimate of drug-likeness (QED) is 0.277. The Kier molecular flexibility index (Phi) is 8.21. The van der Waals surface area contributed by atoms with E-state index in [2.05, 4.69) is 25.8 Å². The first-order valence-corrected chi connectivity index (χ1v) is 10.4. The highest BCUT2D eigenvalue weighted by Gasteiger charge is 2.21. The first-order chi connectivity index (χ1) is 14.7. The smallest absolute Gasteiger partial charge is 0.227 e. The molecule has 0 bridgehead atoms. The van der Waals surface area contributed by atoms with Gasteiger partial charge in [0.25, 0.3) is 0 Å². The molecule has 8 nitrogen and oxygen atoms in total. The van der Waals surface area contributed by atoms with E-state index in [0.29, 0.717) is 19.5 Å². The Bertz CT molecular complexity index is 1030. The van der Waals surface area contributed by atoms with Crippen molar-refractivity contribution in [2.45, 2.75) is 32.7 Å². The van der Waals surface area contributed by atoms with Crippen LogP contribution in [0.4, 0.5) is 5.69 Å². The van der Waals surface area contributed by atoms with E-state index in [9.17, 15) is 4.79 Å². The lowest BCUT2D eigenvalue weighted by atomic mass is 10.2. The van der Waals surface area contributed by atoms with Crippen LogP contribution in [0.15, 0.2) is 53.7 Å². The van der Waals surface area contributed by atoms with Gasteiger partial charge in [0, 0.05) is 44.4 Å². The maximum absolute atomic E-state index is 11.9. The predicted molar refractivity (Wildman–Crippen MR) is 133 cm³/mol. The summed E-state index contributed by atoms with van der Waals surface area (Å²) in [7, 11) is 0. The van der Waals surface area contributed by atoms with E-state index in [1.54, 1.807) is 0 Å². The molecule has 1 amide bonds. The van der Waals surface area contributed by atoms with Crippen LogP contribution in [0.25, 0.3) is 5.65 Å². The molecule has 1 aromatic carbocycles. The van der Waals surface area contributed by atoms with Crippen LogP contribution in [0.5, 0.6) is 0 Å². The molecule has 0 atom stereocenters. The Morgan fingerprint density at radius 2 is 1.97 bits per heavy atom. The van der Waals surface area contributed by atoms with Gasteiger partial charge in [0.15, 0.2) is 11.6 Å². The van der Waals surface area contributed by atoms with Crippen LogP contribution in [0.3, 0.4) is 0 Å². The second-order valence-electron chi connectivity index (χ2n) is 7.23. The average molecular weight is 533 g/mol. The van der Waals surface area contributed by atoms with Crippen molar-refractivity contribution in [2.75, 3.05) is 24.5 Å². The van der Waals surface area contributed by atoms with Gasteiger partial charge in [-0.05, 0) is 43.2 Å². The predicted octanol–water partition coefficient (Wildman–Crippen LogP) is 2.77. The Balaban J connectivity index is 0.00000272. The minimum Gasteiger partial charge on any atom is -0.357 e. The number of pyridine rings is 1. The minimum absolute atomic E-state index is 0. The van der Waals surface area contributed by atoms with Crippen LogP contribution in [0.1, 0.15) is 31.2 Å². The number of halogens is 1. The Morgan fingerprint density at radius 3 is 2.71 bits per heavy atom. The van der Waals surface area contributed by atoms with Crippen molar-refractivity contribution in [3.8, 4) is 0 Å². The fraction of sp³-hybridized carbons (Fsp3) is 0.364. The summed E-state index contributed by atoms with van der Waals surface area (Å²) in [5.41, 5.74) is 2.92. The van der Waals surface area contributed by atoms with Gasteiger partial charge < -0.3 is 15.5 Å². The molecular formula is C22H28IN7O. The van der Waals surface area contributed by atoms with Gasteiger partial charge in [-0.2, -0.15) is 0 Å². The van der Waals surface area contributed by atoms with E-state index >= 15 is 0 Å². The van der Waals surface area contributed by atoms with Crippen LogP contribution in [0.2, 0.25) is 0 Å². The second kappa shape index (κ2) is 11.1. The van der Waals surface area contributed by atoms with E-state index in [4.69, 9.17) is 0 Å².